The van der Waals surface area contributed by atoms with Crippen molar-refractivity contribution in [3.63, 3.8) is 0 Å². The van der Waals surface area contributed by atoms with Crippen molar-refractivity contribution in [3.05, 3.63) is 82.4 Å². The number of ether oxygens (including phenoxy) is 2. The number of likely N-dealkylation sites (tertiary alicyclic amines) is 2. The van der Waals surface area contributed by atoms with Crippen LogP contribution in [0.1, 0.15) is 122 Å². The van der Waals surface area contributed by atoms with Gasteiger partial charge in [-0.25, -0.2) is 0 Å². The molecule has 2 N–H and O–H groups in total. The first-order valence-electron chi connectivity index (χ1n) is 19.5. The Bertz CT molecular complexity index is 2140. The van der Waals surface area contributed by atoms with Crippen molar-refractivity contribution in [3.8, 4) is 11.5 Å². The van der Waals surface area contributed by atoms with Crippen molar-refractivity contribution in [2.45, 2.75) is 128 Å². The maximum absolute atomic E-state index is 13.6. The summed E-state index contributed by atoms with van der Waals surface area (Å²) >= 11 is 0. The number of rotatable bonds is 12. The van der Waals surface area contributed by atoms with Gasteiger partial charge in [0.15, 0.2) is 0 Å². The number of carbonyl (C=O) groups is 2. The first-order valence-corrected chi connectivity index (χ1v) is 19.5. The minimum Gasteiger partial charge on any atom is -0.434 e. The Labute approximate surface area is 337 Å². The van der Waals surface area contributed by atoms with E-state index in [1.807, 2.05) is 13.8 Å². The Balaban J connectivity index is 1.13. The van der Waals surface area contributed by atoms with Gasteiger partial charge in [-0.15, -0.1) is 13.2 Å². The summed E-state index contributed by atoms with van der Waals surface area (Å²) in [6, 6.07) is 9.74. The maximum Gasteiger partial charge on any atom is 0.573 e. The molecule has 4 aromatic rings. The molecule has 320 valence electrons. The molecule has 59 heavy (non-hydrogen) atoms. The van der Waals surface area contributed by atoms with Gasteiger partial charge >= 0.3 is 13.0 Å². The molecule has 2 aromatic carbocycles. The molecule has 0 aliphatic carbocycles. The highest BCUT2D eigenvalue weighted by Gasteiger charge is 2.40. The Morgan fingerprint density at radius 1 is 0.712 bits per heavy atom. The van der Waals surface area contributed by atoms with E-state index in [1.54, 1.807) is 38.7 Å². The fourth-order valence-corrected chi connectivity index (χ4v) is 7.97. The van der Waals surface area contributed by atoms with E-state index in [9.17, 15) is 41.8 Å². The van der Waals surface area contributed by atoms with E-state index < -0.39 is 47.8 Å². The highest BCUT2D eigenvalue weighted by atomic mass is 19.4. The number of halogens is 5. The third-order valence-corrected chi connectivity index (χ3v) is 11.3. The van der Waals surface area contributed by atoms with Crippen molar-refractivity contribution in [1.29, 1.82) is 0 Å². The molecule has 2 amide bonds. The molecule has 6 atom stereocenters. The summed E-state index contributed by atoms with van der Waals surface area (Å²) in [5.41, 5.74) is -1.94. The topological polar surface area (TPSA) is 161 Å². The number of piperidine rings is 2. The lowest BCUT2D eigenvalue weighted by molar-refractivity contribution is -0.274. The number of hydrogen-bond acceptors (Lipinski definition) is 10. The molecule has 0 bridgehead atoms. The van der Waals surface area contributed by atoms with Gasteiger partial charge in [0.1, 0.15) is 34.1 Å². The summed E-state index contributed by atoms with van der Waals surface area (Å²) in [5.74, 6) is -1.90. The number of aryl methyl sites for hydroxylation is 2. The summed E-state index contributed by atoms with van der Waals surface area (Å²) in [5, 5.41) is 42.0. The molecule has 0 saturated carbocycles. The number of benzene rings is 2. The number of nitrogens with zero attached hydrogens (tertiary/aromatic N) is 8. The van der Waals surface area contributed by atoms with Gasteiger partial charge in [-0.3, -0.25) is 9.59 Å². The highest BCUT2D eigenvalue weighted by Crippen LogP contribution is 2.37. The van der Waals surface area contributed by atoms with Crippen LogP contribution in [0.25, 0.3) is 0 Å². The van der Waals surface area contributed by atoms with Crippen molar-refractivity contribution in [2.75, 3.05) is 13.1 Å². The SMILES string of the molecule is Cc1nn([C@@H]2CC[C@@H](C)N(C(=O)c3ccccc3OC(F)F)C2)nc1C(C)(O)CCC(C)(O)c1nn([C@@H]2CC[C@@H](C)N(C(=O)c3ccccc3OC(F)(F)F)C2)nc1C. The molecule has 4 heterocycles. The minimum atomic E-state index is -4.98. The van der Waals surface area contributed by atoms with Crippen LogP contribution in [-0.4, -0.2) is 100.0 Å². The average Bonchev–Trinajstić information content (AvgIpc) is 3.77. The van der Waals surface area contributed by atoms with E-state index in [0.717, 1.165) is 6.07 Å². The second-order valence-corrected chi connectivity index (χ2v) is 16.0. The minimum absolute atomic E-state index is 0.0151. The van der Waals surface area contributed by atoms with Crippen LogP contribution in [0.2, 0.25) is 0 Å². The zero-order valence-corrected chi connectivity index (χ0v) is 33.7. The van der Waals surface area contributed by atoms with Gasteiger partial charge in [-0.05, 0) is 104 Å². The number of para-hydroxylation sites is 2. The predicted octanol–water partition coefficient (Wildman–Crippen LogP) is 6.61. The van der Waals surface area contributed by atoms with Gasteiger partial charge in [0.05, 0.1) is 34.6 Å². The zero-order chi connectivity index (χ0) is 43.0. The molecule has 0 spiro atoms. The van der Waals surface area contributed by atoms with Gasteiger partial charge in [0.25, 0.3) is 11.8 Å². The van der Waals surface area contributed by atoms with Crippen molar-refractivity contribution in [1.82, 2.24) is 39.8 Å². The van der Waals surface area contributed by atoms with Crippen molar-refractivity contribution < 1.29 is 51.2 Å². The third-order valence-electron chi connectivity index (χ3n) is 11.3. The standard InChI is InChI=1S/C40H49F5N8O6/c1-23-15-17-27(21-50(23)35(54)29-11-7-9-13-31(29)58-37(41)42)52-46-25(3)33(48-52)38(5,56)19-20-39(6,57)34-26(4)47-53(49-34)28-18-16-24(2)51(22-28)36(55)30-12-8-10-14-32(30)59-40(43,44)45/h7-14,23-24,27-28,37,56-57H,15-22H2,1-6H3/t23-,24-,27-,28-,38?,39?/m1/s1. The number of carbonyl (C=O) groups excluding carboxylic acids is 2. The fourth-order valence-electron chi connectivity index (χ4n) is 7.97. The Kier molecular flexibility index (Phi) is 12.4. The van der Waals surface area contributed by atoms with Gasteiger partial charge < -0.3 is 29.5 Å². The molecule has 2 aliphatic rings. The second kappa shape index (κ2) is 16.8. The number of hydrogen-bond donors (Lipinski definition) is 2. The van der Waals surface area contributed by atoms with Crippen LogP contribution in [-0.2, 0) is 11.2 Å². The smallest absolute Gasteiger partial charge is 0.434 e. The van der Waals surface area contributed by atoms with Gasteiger partial charge in [0, 0.05) is 25.2 Å². The molecule has 2 aromatic heterocycles. The zero-order valence-electron chi connectivity index (χ0n) is 33.7. The van der Waals surface area contributed by atoms with Crippen LogP contribution in [0.3, 0.4) is 0 Å². The molecular weight excluding hydrogens is 783 g/mol. The van der Waals surface area contributed by atoms with E-state index in [0.29, 0.717) is 37.1 Å². The Hall–Kier alpha value is -5.17. The largest absolute Gasteiger partial charge is 0.573 e. The number of alkyl halides is 5. The molecule has 19 heteroatoms. The van der Waals surface area contributed by atoms with Gasteiger partial charge in [-0.1, -0.05) is 24.3 Å². The molecule has 2 fully saturated rings. The summed E-state index contributed by atoms with van der Waals surface area (Å²) < 4.78 is 74.2. The lowest BCUT2D eigenvalue weighted by atomic mass is 9.86. The maximum atomic E-state index is 13.6. The van der Waals surface area contributed by atoms with E-state index in [1.165, 1.54) is 50.9 Å². The van der Waals surface area contributed by atoms with E-state index in [4.69, 9.17) is 0 Å². The number of amides is 2. The van der Waals surface area contributed by atoms with E-state index in [-0.39, 0.29) is 72.3 Å². The van der Waals surface area contributed by atoms with Crippen LogP contribution in [0.5, 0.6) is 11.5 Å². The molecule has 6 rings (SSSR count). The van der Waals surface area contributed by atoms with Crippen LogP contribution < -0.4 is 9.47 Å². The second-order valence-electron chi connectivity index (χ2n) is 16.0. The van der Waals surface area contributed by atoms with Gasteiger partial charge in [0.2, 0.25) is 0 Å². The predicted molar refractivity (Wildman–Crippen MR) is 202 cm³/mol. The molecule has 14 nitrogen and oxygen atoms in total. The van der Waals surface area contributed by atoms with E-state index >= 15 is 0 Å². The fraction of sp³-hybridized carbons (Fsp3) is 0.550. The lowest BCUT2D eigenvalue weighted by Gasteiger charge is -2.37. The molecule has 2 aliphatic heterocycles. The first kappa shape index (κ1) is 43.4. The third kappa shape index (κ3) is 9.67. The van der Waals surface area contributed by atoms with Crippen molar-refractivity contribution in [2.24, 2.45) is 0 Å². The van der Waals surface area contributed by atoms with Crippen LogP contribution in [0.4, 0.5) is 22.0 Å². The van der Waals surface area contributed by atoms with Crippen LogP contribution in [0, 0.1) is 13.8 Å². The number of aromatic nitrogens is 6. The highest BCUT2D eigenvalue weighted by molar-refractivity contribution is 5.97. The summed E-state index contributed by atoms with van der Waals surface area (Å²) in [6.45, 7) is 7.40. The molecular formula is C40H49F5N8O6. The Morgan fingerprint density at radius 2 is 1.12 bits per heavy atom. The van der Waals surface area contributed by atoms with Crippen LogP contribution in [0.15, 0.2) is 48.5 Å². The molecule has 2 saturated heterocycles. The van der Waals surface area contributed by atoms with Crippen molar-refractivity contribution >= 4 is 11.8 Å². The van der Waals surface area contributed by atoms with Gasteiger partial charge in [-0.2, -0.15) is 38.8 Å². The van der Waals surface area contributed by atoms with Crippen LogP contribution >= 0.6 is 0 Å². The normalized spacial score (nSPS) is 22.2. The number of aliphatic hydroxyl groups is 2. The van der Waals surface area contributed by atoms with E-state index in [2.05, 4.69) is 29.9 Å². The summed E-state index contributed by atoms with van der Waals surface area (Å²) in [7, 11) is 0. The quantitative estimate of drug-likeness (QED) is 0.149. The lowest BCUT2D eigenvalue weighted by Crippen LogP contribution is -2.46. The summed E-state index contributed by atoms with van der Waals surface area (Å²) in [4.78, 5) is 33.2. The Morgan fingerprint density at radius 3 is 1.54 bits per heavy atom. The average molecular weight is 833 g/mol. The monoisotopic (exact) mass is 832 g/mol. The summed E-state index contributed by atoms with van der Waals surface area (Å²) in [6.07, 6.45) is -2.63. The molecule has 2 unspecified atom stereocenters. The first-order chi connectivity index (χ1) is 27.6. The molecule has 0 radical (unpaired) electrons.